The van der Waals surface area contributed by atoms with Crippen molar-refractivity contribution in [3.8, 4) is 0 Å². The van der Waals surface area contributed by atoms with Crippen molar-refractivity contribution in [2.75, 3.05) is 6.54 Å². The Morgan fingerprint density at radius 3 is 2.47 bits per heavy atom. The highest BCUT2D eigenvalue weighted by molar-refractivity contribution is 5.83. The first-order valence-electron chi connectivity index (χ1n) is 6.34. The predicted octanol–water partition coefficient (Wildman–Crippen LogP) is 1.53. The highest BCUT2D eigenvalue weighted by Gasteiger charge is 2.34. The third-order valence-corrected chi connectivity index (χ3v) is 3.95. The number of carbonyl (C=O) groups is 1. The first-order valence-corrected chi connectivity index (χ1v) is 6.34. The van der Waals surface area contributed by atoms with Gasteiger partial charge in [-0.3, -0.25) is 4.79 Å². The van der Waals surface area contributed by atoms with Crippen molar-refractivity contribution >= 4 is 5.91 Å². The molecule has 0 saturated carbocycles. The van der Waals surface area contributed by atoms with E-state index in [2.05, 4.69) is 24.4 Å². The van der Waals surface area contributed by atoms with Gasteiger partial charge < -0.3 is 10.2 Å². The maximum Gasteiger partial charge on any atom is 0.240 e. The van der Waals surface area contributed by atoms with E-state index in [1.54, 1.807) is 0 Å². The molecular weight excluding hydrogens is 212 g/mol. The summed E-state index contributed by atoms with van der Waals surface area (Å²) in [7, 11) is 0. The van der Waals surface area contributed by atoms with Gasteiger partial charge in [-0.25, -0.2) is 0 Å². The molecule has 0 bridgehead atoms. The topological polar surface area (TPSA) is 32.3 Å². The molecule has 3 nitrogen and oxygen atoms in total. The van der Waals surface area contributed by atoms with Gasteiger partial charge in [-0.05, 0) is 30.0 Å². The maximum atomic E-state index is 12.4. The molecule has 1 amide bonds. The summed E-state index contributed by atoms with van der Waals surface area (Å²) in [5, 5.41) is 3.32. The van der Waals surface area contributed by atoms with Crippen molar-refractivity contribution in [3.05, 3.63) is 35.4 Å². The van der Waals surface area contributed by atoms with Crippen LogP contribution in [0.5, 0.6) is 0 Å². The van der Waals surface area contributed by atoms with Crippen LogP contribution in [-0.2, 0) is 17.9 Å². The zero-order valence-corrected chi connectivity index (χ0v) is 10.1. The zero-order chi connectivity index (χ0) is 11.8. The number of carbonyl (C=O) groups excluding carboxylic acids is 1. The quantitative estimate of drug-likeness (QED) is 0.793. The lowest BCUT2D eigenvalue weighted by atomic mass is 10.0. The number of rotatable bonds is 1. The van der Waals surface area contributed by atoms with E-state index in [0.29, 0.717) is 5.92 Å². The molecule has 1 aromatic rings. The number of fused-ring (bicyclic) bond motifs is 1. The van der Waals surface area contributed by atoms with Crippen LogP contribution >= 0.6 is 0 Å². The molecule has 0 aromatic heterocycles. The summed E-state index contributed by atoms with van der Waals surface area (Å²) in [4.78, 5) is 14.4. The Morgan fingerprint density at radius 2 is 1.94 bits per heavy atom. The van der Waals surface area contributed by atoms with E-state index in [4.69, 9.17) is 0 Å². The Kier molecular flexibility index (Phi) is 2.63. The van der Waals surface area contributed by atoms with E-state index in [1.807, 2.05) is 17.0 Å². The van der Waals surface area contributed by atoms with Crippen LogP contribution in [0.25, 0.3) is 0 Å². The summed E-state index contributed by atoms with van der Waals surface area (Å²) in [6.07, 6.45) is 1.11. The minimum atomic E-state index is 0.0318. The van der Waals surface area contributed by atoms with Crippen LogP contribution < -0.4 is 5.32 Å². The molecule has 17 heavy (non-hydrogen) atoms. The summed E-state index contributed by atoms with van der Waals surface area (Å²) in [5.74, 6) is 0.734. The molecule has 2 heterocycles. The van der Waals surface area contributed by atoms with Crippen LogP contribution in [0.15, 0.2) is 24.3 Å². The van der Waals surface area contributed by atoms with Crippen LogP contribution in [0.2, 0.25) is 0 Å². The van der Waals surface area contributed by atoms with Crippen molar-refractivity contribution in [2.45, 2.75) is 32.5 Å². The van der Waals surface area contributed by atoms with Crippen molar-refractivity contribution in [2.24, 2.45) is 5.92 Å². The van der Waals surface area contributed by atoms with Crippen LogP contribution in [0.4, 0.5) is 0 Å². The van der Waals surface area contributed by atoms with E-state index >= 15 is 0 Å². The molecule has 0 radical (unpaired) electrons. The Balaban J connectivity index is 1.74. The summed E-state index contributed by atoms with van der Waals surface area (Å²) < 4.78 is 0. The van der Waals surface area contributed by atoms with Crippen molar-refractivity contribution in [1.29, 1.82) is 0 Å². The Bertz CT molecular complexity index is 419. The number of hydrogen-bond acceptors (Lipinski definition) is 2. The molecular formula is C14H18N2O. The normalized spacial score (nSPS) is 27.2. The van der Waals surface area contributed by atoms with Gasteiger partial charge in [-0.15, -0.1) is 0 Å². The summed E-state index contributed by atoms with van der Waals surface area (Å²) >= 11 is 0. The van der Waals surface area contributed by atoms with Crippen molar-refractivity contribution < 1.29 is 4.79 Å². The average Bonchev–Trinajstić information content (AvgIpc) is 2.93. The molecule has 2 atom stereocenters. The highest BCUT2D eigenvalue weighted by Crippen LogP contribution is 2.25. The molecule has 1 N–H and O–H groups in total. The lowest BCUT2D eigenvalue weighted by Gasteiger charge is -2.22. The van der Waals surface area contributed by atoms with Gasteiger partial charge in [0.25, 0.3) is 0 Å². The molecule has 2 unspecified atom stereocenters. The lowest BCUT2D eigenvalue weighted by Crippen LogP contribution is -2.43. The van der Waals surface area contributed by atoms with Gasteiger partial charge in [-0.2, -0.15) is 0 Å². The Hall–Kier alpha value is -1.35. The minimum absolute atomic E-state index is 0.0318. The fraction of sp³-hybridized carbons (Fsp3) is 0.500. The van der Waals surface area contributed by atoms with Gasteiger partial charge in [0.2, 0.25) is 5.91 Å². The molecule has 0 spiro atoms. The molecule has 3 heteroatoms. The van der Waals surface area contributed by atoms with E-state index in [-0.39, 0.29) is 11.9 Å². The highest BCUT2D eigenvalue weighted by atomic mass is 16.2. The largest absolute Gasteiger partial charge is 0.333 e. The number of benzene rings is 1. The van der Waals surface area contributed by atoms with Crippen LogP contribution in [-0.4, -0.2) is 23.4 Å². The average molecular weight is 230 g/mol. The Morgan fingerprint density at radius 1 is 1.29 bits per heavy atom. The van der Waals surface area contributed by atoms with Gasteiger partial charge in [-0.1, -0.05) is 31.2 Å². The number of amides is 1. The fourth-order valence-electron chi connectivity index (χ4n) is 2.85. The molecule has 2 aliphatic heterocycles. The monoisotopic (exact) mass is 230 g/mol. The van der Waals surface area contributed by atoms with Gasteiger partial charge >= 0.3 is 0 Å². The van der Waals surface area contributed by atoms with E-state index in [1.165, 1.54) is 11.1 Å². The van der Waals surface area contributed by atoms with E-state index in [0.717, 1.165) is 26.1 Å². The minimum Gasteiger partial charge on any atom is -0.333 e. The zero-order valence-electron chi connectivity index (χ0n) is 10.1. The van der Waals surface area contributed by atoms with Crippen LogP contribution in [0.3, 0.4) is 0 Å². The van der Waals surface area contributed by atoms with Crippen molar-refractivity contribution in [1.82, 2.24) is 10.2 Å². The smallest absolute Gasteiger partial charge is 0.240 e. The Labute approximate surface area is 102 Å². The third-order valence-electron chi connectivity index (χ3n) is 3.95. The van der Waals surface area contributed by atoms with E-state index < -0.39 is 0 Å². The maximum absolute atomic E-state index is 12.4. The SMILES string of the molecule is CC1CCNC1C(=O)N1Cc2ccccc2C1. The molecule has 1 saturated heterocycles. The summed E-state index contributed by atoms with van der Waals surface area (Å²) in [6, 6.07) is 8.36. The van der Waals surface area contributed by atoms with Gasteiger partial charge in [0.15, 0.2) is 0 Å². The molecule has 1 aromatic carbocycles. The third kappa shape index (κ3) is 1.84. The van der Waals surface area contributed by atoms with Gasteiger partial charge in [0.05, 0.1) is 6.04 Å². The number of hydrogen-bond donors (Lipinski definition) is 1. The summed E-state index contributed by atoms with van der Waals surface area (Å²) in [5.41, 5.74) is 2.60. The molecule has 2 aliphatic rings. The van der Waals surface area contributed by atoms with Crippen LogP contribution in [0.1, 0.15) is 24.5 Å². The van der Waals surface area contributed by atoms with E-state index in [9.17, 15) is 4.79 Å². The predicted molar refractivity (Wildman–Crippen MR) is 66.3 cm³/mol. The fourth-order valence-corrected chi connectivity index (χ4v) is 2.85. The second-order valence-electron chi connectivity index (χ2n) is 5.16. The molecule has 1 fully saturated rings. The molecule has 90 valence electrons. The second-order valence-corrected chi connectivity index (χ2v) is 5.16. The van der Waals surface area contributed by atoms with Crippen LogP contribution in [0, 0.1) is 5.92 Å². The van der Waals surface area contributed by atoms with Gasteiger partial charge in [0, 0.05) is 13.1 Å². The first kappa shape index (κ1) is 10.8. The number of nitrogens with one attached hydrogen (secondary N) is 1. The second kappa shape index (κ2) is 4.15. The lowest BCUT2D eigenvalue weighted by molar-refractivity contribution is -0.134. The van der Waals surface area contributed by atoms with Crippen molar-refractivity contribution in [3.63, 3.8) is 0 Å². The number of nitrogens with zero attached hydrogens (tertiary/aromatic N) is 1. The molecule has 3 rings (SSSR count). The first-order chi connectivity index (χ1) is 8.25. The summed E-state index contributed by atoms with van der Waals surface area (Å²) in [6.45, 7) is 4.68. The molecule has 0 aliphatic carbocycles. The van der Waals surface area contributed by atoms with Gasteiger partial charge in [0.1, 0.15) is 0 Å². The standard InChI is InChI=1S/C14H18N2O/c1-10-6-7-15-13(10)14(17)16-8-11-4-2-3-5-12(11)9-16/h2-5,10,13,15H,6-9H2,1H3.